The molecular weight excluding hydrogens is 260 g/mol. The van der Waals surface area contributed by atoms with Crippen LogP contribution in [0.2, 0.25) is 0 Å². The number of hydrogen-bond acceptors (Lipinski definition) is 2. The van der Waals surface area contributed by atoms with Gasteiger partial charge >= 0.3 is 0 Å². The van der Waals surface area contributed by atoms with Crippen molar-refractivity contribution in [2.24, 2.45) is 5.92 Å². The lowest BCUT2D eigenvalue weighted by Gasteiger charge is -2.37. The Hall–Kier alpha value is -1.00. The first-order valence-corrected chi connectivity index (χ1v) is 7.35. The maximum Gasteiger partial charge on any atom is 0.129 e. The highest BCUT2D eigenvalue weighted by molar-refractivity contribution is 5.20. The van der Waals surface area contributed by atoms with E-state index in [1.165, 1.54) is 18.2 Å². The van der Waals surface area contributed by atoms with Crippen molar-refractivity contribution < 1.29 is 13.5 Å². The standard InChI is InChI=1S/C16H23F2NO/c1-3-20-13-8-11(9-13)7-12(19-2)10-14-15(17)5-4-6-16(14)18/h4-6,11-13,19H,3,7-10H2,1-2H3. The van der Waals surface area contributed by atoms with E-state index in [1.807, 2.05) is 14.0 Å². The number of halogens is 2. The Kier molecular flexibility index (Phi) is 5.49. The lowest BCUT2D eigenvalue weighted by atomic mass is 9.77. The predicted octanol–water partition coefficient (Wildman–Crippen LogP) is 3.30. The minimum absolute atomic E-state index is 0.106. The minimum Gasteiger partial charge on any atom is -0.378 e. The smallest absolute Gasteiger partial charge is 0.129 e. The zero-order valence-electron chi connectivity index (χ0n) is 12.2. The van der Waals surface area contributed by atoms with Crippen LogP contribution in [0.15, 0.2) is 18.2 Å². The largest absolute Gasteiger partial charge is 0.378 e. The molecule has 1 aromatic rings. The third-order valence-electron chi connectivity index (χ3n) is 4.13. The fraction of sp³-hybridized carbons (Fsp3) is 0.625. The van der Waals surface area contributed by atoms with Gasteiger partial charge in [0.15, 0.2) is 0 Å². The van der Waals surface area contributed by atoms with E-state index in [9.17, 15) is 8.78 Å². The van der Waals surface area contributed by atoms with E-state index in [-0.39, 0.29) is 11.6 Å². The molecular formula is C16H23F2NO. The first-order valence-electron chi connectivity index (χ1n) is 7.35. The number of ether oxygens (including phenoxy) is 1. The molecule has 1 aromatic carbocycles. The highest BCUT2D eigenvalue weighted by atomic mass is 19.1. The van der Waals surface area contributed by atoms with E-state index >= 15 is 0 Å². The quantitative estimate of drug-likeness (QED) is 0.829. The van der Waals surface area contributed by atoms with Crippen molar-refractivity contribution in [3.05, 3.63) is 35.4 Å². The summed E-state index contributed by atoms with van der Waals surface area (Å²) >= 11 is 0. The van der Waals surface area contributed by atoms with Crippen molar-refractivity contribution in [1.82, 2.24) is 5.32 Å². The monoisotopic (exact) mass is 283 g/mol. The Labute approximate surface area is 119 Å². The summed E-state index contributed by atoms with van der Waals surface area (Å²) in [6, 6.07) is 4.15. The molecule has 2 rings (SSSR count). The molecule has 112 valence electrons. The van der Waals surface area contributed by atoms with Crippen molar-refractivity contribution >= 4 is 0 Å². The fourth-order valence-corrected chi connectivity index (χ4v) is 2.92. The van der Waals surface area contributed by atoms with Gasteiger partial charge in [-0.3, -0.25) is 0 Å². The van der Waals surface area contributed by atoms with Crippen LogP contribution in [0.3, 0.4) is 0 Å². The zero-order valence-corrected chi connectivity index (χ0v) is 12.2. The normalized spacial score (nSPS) is 23.4. The Bertz CT molecular complexity index is 412. The Balaban J connectivity index is 1.87. The van der Waals surface area contributed by atoms with Crippen LogP contribution in [-0.2, 0) is 11.2 Å². The van der Waals surface area contributed by atoms with Crippen molar-refractivity contribution in [3.63, 3.8) is 0 Å². The summed E-state index contributed by atoms with van der Waals surface area (Å²) in [5, 5.41) is 3.18. The lowest BCUT2D eigenvalue weighted by molar-refractivity contribution is -0.0288. The molecule has 20 heavy (non-hydrogen) atoms. The second-order valence-corrected chi connectivity index (χ2v) is 5.54. The average molecular weight is 283 g/mol. The van der Waals surface area contributed by atoms with Gasteiger partial charge in [0.2, 0.25) is 0 Å². The van der Waals surface area contributed by atoms with E-state index in [1.54, 1.807) is 0 Å². The summed E-state index contributed by atoms with van der Waals surface area (Å²) in [6.45, 7) is 2.76. The molecule has 0 amide bonds. The van der Waals surface area contributed by atoms with E-state index in [2.05, 4.69) is 5.32 Å². The van der Waals surface area contributed by atoms with Gasteiger partial charge in [0.1, 0.15) is 11.6 Å². The van der Waals surface area contributed by atoms with Crippen molar-refractivity contribution in [2.45, 2.75) is 44.8 Å². The summed E-state index contributed by atoms with van der Waals surface area (Å²) in [5.74, 6) is -0.309. The summed E-state index contributed by atoms with van der Waals surface area (Å²) in [5.41, 5.74) is 0.188. The molecule has 0 aliphatic heterocycles. The van der Waals surface area contributed by atoms with Crippen LogP contribution >= 0.6 is 0 Å². The molecule has 1 aliphatic rings. The number of nitrogens with one attached hydrogen (secondary N) is 1. The second-order valence-electron chi connectivity index (χ2n) is 5.54. The molecule has 4 heteroatoms. The van der Waals surface area contributed by atoms with Gasteiger partial charge in [-0.25, -0.2) is 8.78 Å². The number of rotatable bonds is 7. The molecule has 0 spiro atoms. The lowest BCUT2D eigenvalue weighted by Crippen LogP contribution is -2.38. The molecule has 1 atom stereocenters. The summed E-state index contributed by atoms with van der Waals surface area (Å²) < 4.78 is 32.8. The van der Waals surface area contributed by atoms with Crippen LogP contribution in [0, 0.1) is 17.6 Å². The van der Waals surface area contributed by atoms with Crippen molar-refractivity contribution in [2.75, 3.05) is 13.7 Å². The summed E-state index contributed by atoms with van der Waals surface area (Å²) in [4.78, 5) is 0. The van der Waals surface area contributed by atoms with Gasteiger partial charge in [0.25, 0.3) is 0 Å². The van der Waals surface area contributed by atoms with Crippen LogP contribution in [0.25, 0.3) is 0 Å². The molecule has 1 saturated carbocycles. The first-order chi connectivity index (χ1) is 9.63. The van der Waals surface area contributed by atoms with Gasteiger partial charge in [-0.2, -0.15) is 0 Å². The van der Waals surface area contributed by atoms with Crippen LogP contribution < -0.4 is 5.32 Å². The van der Waals surface area contributed by atoms with E-state index in [0.29, 0.717) is 18.4 Å². The van der Waals surface area contributed by atoms with E-state index in [0.717, 1.165) is 25.9 Å². The molecule has 1 aliphatic carbocycles. The molecule has 0 saturated heterocycles. The fourth-order valence-electron chi connectivity index (χ4n) is 2.92. The average Bonchev–Trinajstić information content (AvgIpc) is 2.38. The molecule has 0 radical (unpaired) electrons. The van der Waals surface area contributed by atoms with Crippen LogP contribution in [-0.4, -0.2) is 25.8 Å². The second kappa shape index (κ2) is 7.14. The third-order valence-corrected chi connectivity index (χ3v) is 4.13. The van der Waals surface area contributed by atoms with Crippen molar-refractivity contribution in [3.8, 4) is 0 Å². The molecule has 1 N–H and O–H groups in total. The Morgan fingerprint density at radius 3 is 2.50 bits per heavy atom. The highest BCUT2D eigenvalue weighted by Gasteiger charge is 2.31. The summed E-state index contributed by atoms with van der Waals surface area (Å²) in [6.07, 6.45) is 3.84. The third kappa shape index (κ3) is 3.76. The van der Waals surface area contributed by atoms with Gasteiger partial charge in [-0.05, 0) is 57.7 Å². The molecule has 0 aromatic heterocycles. The van der Waals surface area contributed by atoms with Gasteiger partial charge in [-0.1, -0.05) is 6.07 Å². The summed E-state index contributed by atoms with van der Waals surface area (Å²) in [7, 11) is 1.85. The number of hydrogen-bond donors (Lipinski definition) is 1. The van der Waals surface area contributed by atoms with Gasteiger partial charge in [0.05, 0.1) is 6.10 Å². The number of likely N-dealkylation sites (N-methyl/N-ethyl adjacent to an activating group) is 1. The van der Waals surface area contributed by atoms with Gasteiger partial charge in [0, 0.05) is 18.2 Å². The maximum absolute atomic E-state index is 13.7. The maximum atomic E-state index is 13.7. The van der Waals surface area contributed by atoms with Crippen molar-refractivity contribution in [1.29, 1.82) is 0 Å². The van der Waals surface area contributed by atoms with E-state index < -0.39 is 11.6 Å². The molecule has 1 fully saturated rings. The molecule has 2 nitrogen and oxygen atoms in total. The highest BCUT2D eigenvalue weighted by Crippen LogP contribution is 2.34. The van der Waals surface area contributed by atoms with Crippen LogP contribution in [0.1, 0.15) is 31.7 Å². The Morgan fingerprint density at radius 1 is 1.30 bits per heavy atom. The van der Waals surface area contributed by atoms with Gasteiger partial charge in [-0.15, -0.1) is 0 Å². The molecule has 0 heterocycles. The SMILES string of the molecule is CCOC1CC(CC(Cc2c(F)cccc2F)NC)C1. The zero-order chi connectivity index (χ0) is 14.5. The van der Waals surface area contributed by atoms with E-state index in [4.69, 9.17) is 4.74 Å². The first kappa shape index (κ1) is 15.4. The van der Waals surface area contributed by atoms with Crippen LogP contribution in [0.5, 0.6) is 0 Å². The predicted molar refractivity (Wildman–Crippen MR) is 75.7 cm³/mol. The Morgan fingerprint density at radius 2 is 1.95 bits per heavy atom. The topological polar surface area (TPSA) is 21.3 Å². The number of benzene rings is 1. The molecule has 0 bridgehead atoms. The van der Waals surface area contributed by atoms with Gasteiger partial charge < -0.3 is 10.1 Å². The minimum atomic E-state index is -0.453. The van der Waals surface area contributed by atoms with Crippen LogP contribution in [0.4, 0.5) is 8.78 Å². The molecule has 1 unspecified atom stereocenters.